The number of aromatic nitrogens is 2. The third-order valence-electron chi connectivity index (χ3n) is 2.67. The summed E-state index contributed by atoms with van der Waals surface area (Å²) in [7, 11) is 0. The lowest BCUT2D eigenvalue weighted by Crippen LogP contribution is -2.01. The van der Waals surface area contributed by atoms with Crippen LogP contribution in [0.25, 0.3) is 0 Å². The van der Waals surface area contributed by atoms with E-state index in [4.69, 9.17) is 0 Å². The molecule has 0 fully saturated rings. The second-order valence-corrected chi connectivity index (χ2v) is 4.48. The van der Waals surface area contributed by atoms with Crippen LogP contribution in [0.1, 0.15) is 25.5 Å². The molecule has 0 aliphatic rings. The minimum atomic E-state index is -0.105. The minimum absolute atomic E-state index is 0.104. The van der Waals surface area contributed by atoms with Crippen molar-refractivity contribution >= 4 is 5.69 Å². The van der Waals surface area contributed by atoms with Crippen LogP contribution < -0.4 is 5.32 Å². The van der Waals surface area contributed by atoms with Crippen LogP contribution in [-0.2, 0) is 6.54 Å². The SMILES string of the molecule is CC(C)n1cc(NCc2ccc(O)c(O)c2)cn1. The lowest BCUT2D eigenvalue weighted by molar-refractivity contribution is 0.403. The molecular formula is C13H17N3O2. The highest BCUT2D eigenvalue weighted by Crippen LogP contribution is 2.25. The second-order valence-electron chi connectivity index (χ2n) is 4.48. The number of aromatic hydroxyl groups is 2. The summed E-state index contributed by atoms with van der Waals surface area (Å²) >= 11 is 0. The topological polar surface area (TPSA) is 70.3 Å². The Balaban J connectivity index is 2.00. The average Bonchev–Trinajstić information content (AvgIpc) is 2.79. The van der Waals surface area contributed by atoms with E-state index in [-0.39, 0.29) is 11.5 Å². The summed E-state index contributed by atoms with van der Waals surface area (Å²) in [5, 5.41) is 26.0. The van der Waals surface area contributed by atoms with Gasteiger partial charge in [-0.25, -0.2) is 0 Å². The Hall–Kier alpha value is -2.17. The van der Waals surface area contributed by atoms with Gasteiger partial charge in [0.1, 0.15) is 0 Å². The Kier molecular flexibility index (Phi) is 3.41. The summed E-state index contributed by atoms with van der Waals surface area (Å²) in [4.78, 5) is 0. The second kappa shape index (κ2) is 5.00. The molecule has 0 bridgehead atoms. The Morgan fingerprint density at radius 1 is 1.28 bits per heavy atom. The lowest BCUT2D eigenvalue weighted by Gasteiger charge is -2.06. The van der Waals surface area contributed by atoms with Gasteiger partial charge >= 0.3 is 0 Å². The summed E-state index contributed by atoms with van der Waals surface area (Å²) < 4.78 is 1.87. The molecule has 0 radical (unpaired) electrons. The van der Waals surface area contributed by atoms with E-state index in [0.29, 0.717) is 12.6 Å². The molecule has 3 N–H and O–H groups in total. The molecule has 1 aromatic heterocycles. The summed E-state index contributed by atoms with van der Waals surface area (Å²) in [5.41, 5.74) is 1.82. The largest absolute Gasteiger partial charge is 0.504 e. The highest BCUT2D eigenvalue weighted by atomic mass is 16.3. The number of hydrogen-bond donors (Lipinski definition) is 3. The van der Waals surface area contributed by atoms with Crippen LogP contribution in [0.2, 0.25) is 0 Å². The molecule has 0 amide bonds. The maximum atomic E-state index is 9.38. The molecule has 2 aromatic rings. The maximum Gasteiger partial charge on any atom is 0.157 e. The van der Waals surface area contributed by atoms with Crippen LogP contribution in [0, 0.1) is 0 Å². The molecule has 5 nitrogen and oxygen atoms in total. The van der Waals surface area contributed by atoms with Crippen molar-refractivity contribution in [1.29, 1.82) is 0 Å². The maximum absolute atomic E-state index is 9.38. The quantitative estimate of drug-likeness (QED) is 0.726. The van der Waals surface area contributed by atoms with E-state index in [0.717, 1.165) is 11.3 Å². The Morgan fingerprint density at radius 3 is 2.67 bits per heavy atom. The highest BCUT2D eigenvalue weighted by molar-refractivity contribution is 5.43. The number of phenolic OH excluding ortho intramolecular Hbond substituents is 2. The number of nitrogens with one attached hydrogen (secondary N) is 1. The fourth-order valence-corrected chi connectivity index (χ4v) is 1.59. The zero-order chi connectivity index (χ0) is 13.1. The van der Waals surface area contributed by atoms with E-state index < -0.39 is 0 Å². The number of benzene rings is 1. The van der Waals surface area contributed by atoms with Crippen LogP contribution in [0.3, 0.4) is 0 Å². The molecule has 0 aliphatic carbocycles. The first kappa shape index (κ1) is 12.3. The van der Waals surface area contributed by atoms with Gasteiger partial charge in [-0.2, -0.15) is 5.10 Å². The molecule has 18 heavy (non-hydrogen) atoms. The molecule has 1 heterocycles. The van der Waals surface area contributed by atoms with Crippen LogP contribution in [0.5, 0.6) is 11.5 Å². The van der Waals surface area contributed by atoms with Gasteiger partial charge in [0.05, 0.1) is 11.9 Å². The van der Waals surface area contributed by atoms with Crippen LogP contribution >= 0.6 is 0 Å². The van der Waals surface area contributed by atoms with Gasteiger partial charge in [-0.1, -0.05) is 6.07 Å². The van der Waals surface area contributed by atoms with Crippen molar-refractivity contribution in [3.63, 3.8) is 0 Å². The first-order valence-electron chi connectivity index (χ1n) is 5.85. The van der Waals surface area contributed by atoms with Crippen LogP contribution in [0.4, 0.5) is 5.69 Å². The number of phenols is 2. The molecule has 1 aromatic carbocycles. The van der Waals surface area contributed by atoms with Crippen molar-refractivity contribution in [1.82, 2.24) is 9.78 Å². The van der Waals surface area contributed by atoms with E-state index in [9.17, 15) is 10.2 Å². The Labute approximate surface area is 106 Å². The van der Waals surface area contributed by atoms with Gasteiger partial charge in [-0.05, 0) is 31.5 Å². The average molecular weight is 247 g/mol. The van der Waals surface area contributed by atoms with E-state index in [1.54, 1.807) is 12.3 Å². The third-order valence-corrected chi connectivity index (χ3v) is 2.67. The zero-order valence-electron chi connectivity index (χ0n) is 10.5. The molecule has 2 rings (SSSR count). The number of nitrogens with zero attached hydrogens (tertiary/aromatic N) is 2. The van der Waals surface area contributed by atoms with Gasteiger partial charge in [-0.15, -0.1) is 0 Å². The van der Waals surface area contributed by atoms with Gasteiger partial charge in [0.25, 0.3) is 0 Å². The molecule has 0 spiro atoms. The molecule has 0 unspecified atom stereocenters. The standard InChI is InChI=1S/C13H17N3O2/c1-9(2)16-8-11(7-15-16)14-6-10-3-4-12(17)13(18)5-10/h3-5,7-9,14,17-18H,6H2,1-2H3. The van der Waals surface area contributed by atoms with Crippen LogP contribution in [-0.4, -0.2) is 20.0 Å². The normalized spacial score (nSPS) is 10.8. The summed E-state index contributed by atoms with van der Waals surface area (Å²) in [6.45, 7) is 4.70. The number of rotatable bonds is 4. The van der Waals surface area contributed by atoms with Crippen molar-refractivity contribution in [2.45, 2.75) is 26.4 Å². The smallest absolute Gasteiger partial charge is 0.157 e. The summed E-state index contributed by atoms with van der Waals surface area (Å²) in [6, 6.07) is 5.10. The first-order valence-corrected chi connectivity index (χ1v) is 5.85. The van der Waals surface area contributed by atoms with E-state index in [1.807, 2.05) is 10.9 Å². The molecule has 0 saturated carbocycles. The van der Waals surface area contributed by atoms with Gasteiger partial charge in [0.15, 0.2) is 11.5 Å². The number of anilines is 1. The van der Waals surface area contributed by atoms with Crippen molar-refractivity contribution in [2.24, 2.45) is 0 Å². The molecule has 0 atom stereocenters. The first-order chi connectivity index (χ1) is 8.56. The van der Waals surface area contributed by atoms with E-state index in [2.05, 4.69) is 24.3 Å². The molecular weight excluding hydrogens is 230 g/mol. The van der Waals surface area contributed by atoms with E-state index in [1.165, 1.54) is 12.1 Å². The van der Waals surface area contributed by atoms with E-state index >= 15 is 0 Å². The molecule has 0 aliphatic heterocycles. The highest BCUT2D eigenvalue weighted by Gasteiger charge is 2.03. The third kappa shape index (κ3) is 2.74. The molecule has 5 heteroatoms. The zero-order valence-corrected chi connectivity index (χ0v) is 10.5. The van der Waals surface area contributed by atoms with Crippen molar-refractivity contribution in [3.8, 4) is 11.5 Å². The van der Waals surface area contributed by atoms with Gasteiger partial charge < -0.3 is 15.5 Å². The monoisotopic (exact) mass is 247 g/mol. The number of hydrogen-bond acceptors (Lipinski definition) is 4. The molecule has 0 saturated heterocycles. The van der Waals surface area contributed by atoms with Gasteiger partial charge in [0, 0.05) is 18.8 Å². The lowest BCUT2D eigenvalue weighted by atomic mass is 10.2. The van der Waals surface area contributed by atoms with Crippen LogP contribution in [0.15, 0.2) is 30.6 Å². The predicted octanol–water partition coefficient (Wildman–Crippen LogP) is 2.49. The molecule has 96 valence electrons. The van der Waals surface area contributed by atoms with Crippen molar-refractivity contribution in [2.75, 3.05) is 5.32 Å². The summed E-state index contributed by atoms with van der Waals surface area (Å²) in [6.07, 6.45) is 3.70. The van der Waals surface area contributed by atoms with Gasteiger partial charge in [-0.3, -0.25) is 4.68 Å². The Bertz CT molecular complexity index is 535. The van der Waals surface area contributed by atoms with Crippen molar-refractivity contribution in [3.05, 3.63) is 36.2 Å². The minimum Gasteiger partial charge on any atom is -0.504 e. The predicted molar refractivity (Wildman–Crippen MR) is 69.7 cm³/mol. The fourth-order valence-electron chi connectivity index (χ4n) is 1.59. The summed E-state index contributed by atoms with van der Waals surface area (Å²) in [5.74, 6) is -0.210. The Morgan fingerprint density at radius 2 is 2.06 bits per heavy atom. The van der Waals surface area contributed by atoms with Gasteiger partial charge in [0.2, 0.25) is 0 Å². The fraction of sp³-hybridized carbons (Fsp3) is 0.308. The van der Waals surface area contributed by atoms with Crippen molar-refractivity contribution < 1.29 is 10.2 Å².